The number of hydrogen-bond acceptors (Lipinski definition) is 4. The monoisotopic (exact) mass is 452 g/mol. The lowest BCUT2D eigenvalue weighted by Crippen LogP contribution is -2.56. The van der Waals surface area contributed by atoms with Crippen molar-refractivity contribution in [3.8, 4) is 0 Å². The fraction of sp³-hybridized carbons (Fsp3) is 0.400. The molecule has 7 nitrogen and oxygen atoms in total. The van der Waals surface area contributed by atoms with E-state index >= 15 is 0 Å². The minimum atomic E-state index is -0.540. The number of halogens is 1. The van der Waals surface area contributed by atoms with Gasteiger partial charge in [-0.1, -0.05) is 12.1 Å². The van der Waals surface area contributed by atoms with Crippen molar-refractivity contribution in [2.45, 2.75) is 39.2 Å². The summed E-state index contributed by atoms with van der Waals surface area (Å²) in [7, 11) is 0. The molecule has 1 atom stereocenters. The quantitative estimate of drug-likeness (QED) is 0.726. The van der Waals surface area contributed by atoms with Gasteiger partial charge < -0.3 is 15.1 Å². The van der Waals surface area contributed by atoms with Crippen LogP contribution in [0.3, 0.4) is 0 Å². The number of nitrogens with one attached hydrogen (secondary N) is 1. The Morgan fingerprint density at radius 2 is 1.85 bits per heavy atom. The fourth-order valence-corrected chi connectivity index (χ4v) is 4.64. The summed E-state index contributed by atoms with van der Waals surface area (Å²) in [6.07, 6.45) is 2.64. The molecule has 174 valence electrons. The van der Waals surface area contributed by atoms with E-state index in [0.29, 0.717) is 30.8 Å². The van der Waals surface area contributed by atoms with Gasteiger partial charge in [0.05, 0.1) is 17.1 Å². The molecule has 1 N–H and O–H groups in total. The van der Waals surface area contributed by atoms with Crippen LogP contribution < -0.4 is 15.1 Å². The van der Waals surface area contributed by atoms with E-state index < -0.39 is 11.7 Å². The molecule has 0 spiro atoms. The van der Waals surface area contributed by atoms with Crippen molar-refractivity contribution >= 4 is 34.8 Å². The zero-order valence-electron chi connectivity index (χ0n) is 19.0. The summed E-state index contributed by atoms with van der Waals surface area (Å²) >= 11 is 0. The van der Waals surface area contributed by atoms with Crippen molar-refractivity contribution < 1.29 is 18.8 Å². The SMILES string of the molecule is CCN(CC)C(=O)c1ccc2c(c1)N(CC(=O)Nc1ccccc1F)C(=O)C1CCCCN21. The van der Waals surface area contributed by atoms with Crippen LogP contribution in [0.1, 0.15) is 43.5 Å². The molecule has 2 aromatic rings. The van der Waals surface area contributed by atoms with Crippen molar-refractivity contribution in [2.75, 3.05) is 41.3 Å². The van der Waals surface area contributed by atoms with Gasteiger partial charge in [-0.3, -0.25) is 19.3 Å². The van der Waals surface area contributed by atoms with E-state index in [0.717, 1.165) is 25.1 Å². The largest absolute Gasteiger partial charge is 0.358 e. The van der Waals surface area contributed by atoms with Gasteiger partial charge in [-0.05, 0) is 63.4 Å². The fourth-order valence-electron chi connectivity index (χ4n) is 4.64. The van der Waals surface area contributed by atoms with Crippen LogP contribution >= 0.6 is 0 Å². The third-order valence-electron chi connectivity index (χ3n) is 6.38. The summed E-state index contributed by atoms with van der Waals surface area (Å²) in [6, 6.07) is 10.9. The first-order valence-corrected chi connectivity index (χ1v) is 11.5. The Labute approximate surface area is 193 Å². The average molecular weight is 453 g/mol. The molecule has 0 saturated carbocycles. The number of anilines is 3. The number of hydrogen-bond donors (Lipinski definition) is 1. The van der Waals surface area contributed by atoms with Crippen LogP contribution in [0.15, 0.2) is 42.5 Å². The second kappa shape index (κ2) is 9.60. The highest BCUT2D eigenvalue weighted by Gasteiger charge is 2.40. The number of nitrogens with zero attached hydrogens (tertiary/aromatic N) is 3. The Kier molecular flexibility index (Phi) is 6.62. The molecule has 2 aliphatic rings. The van der Waals surface area contributed by atoms with Gasteiger partial charge in [0.15, 0.2) is 0 Å². The lowest BCUT2D eigenvalue weighted by Gasteiger charge is -2.45. The Hall–Kier alpha value is -3.42. The first kappa shape index (κ1) is 22.8. The van der Waals surface area contributed by atoms with Gasteiger partial charge in [-0.2, -0.15) is 0 Å². The number of rotatable bonds is 6. The van der Waals surface area contributed by atoms with E-state index in [1.807, 2.05) is 19.9 Å². The maximum absolute atomic E-state index is 14.0. The molecule has 0 radical (unpaired) electrons. The third kappa shape index (κ3) is 4.42. The molecule has 0 bridgehead atoms. The molecule has 8 heteroatoms. The molecule has 1 unspecified atom stereocenters. The number of fused-ring (bicyclic) bond motifs is 3. The summed E-state index contributed by atoms with van der Waals surface area (Å²) in [5.41, 5.74) is 1.92. The van der Waals surface area contributed by atoms with Crippen molar-refractivity contribution in [2.24, 2.45) is 0 Å². The zero-order chi connectivity index (χ0) is 23.5. The molecule has 4 rings (SSSR count). The van der Waals surface area contributed by atoms with E-state index in [1.165, 1.54) is 17.0 Å². The number of piperidine rings is 1. The topological polar surface area (TPSA) is 73.0 Å². The molecule has 1 fully saturated rings. The van der Waals surface area contributed by atoms with Crippen LogP contribution in [-0.4, -0.2) is 54.8 Å². The molecule has 1 saturated heterocycles. The van der Waals surface area contributed by atoms with E-state index in [1.54, 1.807) is 29.2 Å². The minimum absolute atomic E-state index is 0.0666. The van der Waals surface area contributed by atoms with Crippen LogP contribution in [0.25, 0.3) is 0 Å². The van der Waals surface area contributed by atoms with E-state index in [9.17, 15) is 18.8 Å². The van der Waals surface area contributed by atoms with Crippen molar-refractivity contribution in [1.29, 1.82) is 0 Å². The summed E-state index contributed by atoms with van der Waals surface area (Å²) < 4.78 is 14.0. The number of carbonyl (C=O) groups is 3. The number of carbonyl (C=O) groups excluding carboxylic acids is 3. The van der Waals surface area contributed by atoms with E-state index in [2.05, 4.69) is 10.2 Å². The van der Waals surface area contributed by atoms with Crippen molar-refractivity contribution in [1.82, 2.24) is 4.90 Å². The molecule has 2 aromatic carbocycles. The van der Waals surface area contributed by atoms with Crippen LogP contribution in [0.4, 0.5) is 21.5 Å². The van der Waals surface area contributed by atoms with Crippen molar-refractivity contribution in [3.63, 3.8) is 0 Å². The first-order valence-electron chi connectivity index (χ1n) is 11.5. The van der Waals surface area contributed by atoms with Gasteiger partial charge in [0.2, 0.25) is 11.8 Å². The lowest BCUT2D eigenvalue weighted by atomic mass is 9.95. The molecule has 33 heavy (non-hydrogen) atoms. The second-order valence-electron chi connectivity index (χ2n) is 8.34. The number of para-hydroxylation sites is 1. The van der Waals surface area contributed by atoms with Crippen molar-refractivity contribution in [3.05, 3.63) is 53.8 Å². The smallest absolute Gasteiger partial charge is 0.253 e. The van der Waals surface area contributed by atoms with Gasteiger partial charge in [-0.15, -0.1) is 0 Å². The molecule has 2 heterocycles. The molecule has 0 aromatic heterocycles. The summed E-state index contributed by atoms with van der Waals surface area (Å²) in [4.78, 5) is 44.4. The van der Waals surface area contributed by atoms with Gasteiger partial charge in [-0.25, -0.2) is 4.39 Å². The third-order valence-corrected chi connectivity index (χ3v) is 6.38. The Morgan fingerprint density at radius 3 is 2.58 bits per heavy atom. The molecule has 3 amide bonds. The summed E-state index contributed by atoms with van der Waals surface area (Å²) in [5, 5.41) is 2.56. The highest BCUT2D eigenvalue weighted by atomic mass is 19.1. The molecule has 0 aliphatic carbocycles. The predicted molar refractivity (Wildman–Crippen MR) is 126 cm³/mol. The number of benzene rings is 2. The van der Waals surface area contributed by atoms with Crippen LogP contribution in [0, 0.1) is 5.82 Å². The van der Waals surface area contributed by atoms with Crippen LogP contribution in [-0.2, 0) is 9.59 Å². The summed E-state index contributed by atoms with van der Waals surface area (Å²) in [6.45, 7) is 5.49. The highest BCUT2D eigenvalue weighted by Crippen LogP contribution is 2.40. The molecular formula is C25H29FN4O3. The first-order chi connectivity index (χ1) is 15.9. The molecule has 2 aliphatic heterocycles. The minimum Gasteiger partial charge on any atom is -0.358 e. The average Bonchev–Trinajstić information content (AvgIpc) is 2.83. The lowest BCUT2D eigenvalue weighted by molar-refractivity contribution is -0.123. The molecular weight excluding hydrogens is 423 g/mol. The van der Waals surface area contributed by atoms with Gasteiger partial charge in [0.1, 0.15) is 18.4 Å². The standard InChI is InChI=1S/C25H29FN4O3/c1-3-28(4-2)24(32)17-12-13-20-22(15-17)30(25(33)21-11-7-8-14-29(20)21)16-23(31)27-19-10-6-5-9-18(19)26/h5-6,9-10,12-13,15,21H,3-4,7-8,11,14,16H2,1-2H3,(H,27,31). The Balaban J connectivity index is 1.68. The zero-order valence-corrected chi connectivity index (χ0v) is 19.0. The second-order valence-corrected chi connectivity index (χ2v) is 8.34. The number of amides is 3. The van der Waals surface area contributed by atoms with Gasteiger partial charge >= 0.3 is 0 Å². The van der Waals surface area contributed by atoms with Crippen LogP contribution in [0.5, 0.6) is 0 Å². The summed E-state index contributed by atoms with van der Waals surface area (Å²) in [5.74, 6) is -1.32. The predicted octanol–water partition coefficient (Wildman–Crippen LogP) is 3.65. The maximum Gasteiger partial charge on any atom is 0.253 e. The van der Waals surface area contributed by atoms with E-state index in [-0.39, 0.29) is 30.1 Å². The van der Waals surface area contributed by atoms with Gasteiger partial charge in [0.25, 0.3) is 5.91 Å². The van der Waals surface area contributed by atoms with Crippen LogP contribution in [0.2, 0.25) is 0 Å². The maximum atomic E-state index is 14.0. The highest BCUT2D eigenvalue weighted by molar-refractivity contribution is 6.11. The van der Waals surface area contributed by atoms with Gasteiger partial charge in [0, 0.05) is 25.2 Å². The Bertz CT molecular complexity index is 1070. The van der Waals surface area contributed by atoms with E-state index in [4.69, 9.17) is 0 Å². The Morgan fingerprint density at radius 1 is 1.09 bits per heavy atom. The normalized spacial score (nSPS) is 17.3.